The monoisotopic (exact) mass is 365 g/mol. The Morgan fingerprint density at radius 3 is 2.44 bits per heavy atom. The van der Waals surface area contributed by atoms with Crippen LogP contribution >= 0.6 is 11.8 Å². The molecule has 25 heavy (non-hydrogen) atoms. The number of aliphatic imine (C=N–C) groups is 1. The van der Waals surface area contributed by atoms with Gasteiger partial charge in [0.15, 0.2) is 0 Å². The third-order valence-corrected chi connectivity index (χ3v) is 3.79. The number of halogens is 3. The number of hydrogen-bond acceptors (Lipinski definition) is 5. The van der Waals surface area contributed by atoms with Crippen molar-refractivity contribution in [3.63, 3.8) is 0 Å². The summed E-state index contributed by atoms with van der Waals surface area (Å²) >= 11 is 0.985. The minimum absolute atomic E-state index is 0.281. The number of aromatic nitrogens is 1. The van der Waals surface area contributed by atoms with Crippen molar-refractivity contribution in [1.29, 1.82) is 0 Å². The molecule has 1 aromatic heterocycles. The lowest BCUT2D eigenvalue weighted by Gasteiger charge is -2.08. The van der Waals surface area contributed by atoms with Crippen LogP contribution in [-0.4, -0.2) is 22.4 Å². The number of benzene rings is 1. The first-order valence-corrected chi connectivity index (χ1v) is 7.76. The Kier molecular flexibility index (Phi) is 4.75. The highest BCUT2D eigenvalue weighted by Crippen LogP contribution is 2.29. The first-order valence-electron chi connectivity index (χ1n) is 6.94. The third-order valence-electron chi connectivity index (χ3n) is 2.97. The summed E-state index contributed by atoms with van der Waals surface area (Å²) < 4.78 is 40.3. The molecule has 128 valence electrons. The van der Waals surface area contributed by atoms with E-state index in [0.717, 1.165) is 29.5 Å². The fourth-order valence-corrected chi connectivity index (χ4v) is 2.71. The van der Waals surface area contributed by atoms with E-state index in [1.165, 1.54) is 12.1 Å². The van der Waals surface area contributed by atoms with Crippen molar-refractivity contribution in [3.8, 4) is 5.75 Å². The molecule has 5 nitrogen and oxygen atoms in total. The van der Waals surface area contributed by atoms with Gasteiger partial charge < -0.3 is 10.1 Å². The van der Waals surface area contributed by atoms with Crippen molar-refractivity contribution in [2.24, 2.45) is 4.99 Å². The zero-order valence-corrected chi connectivity index (χ0v) is 13.3. The van der Waals surface area contributed by atoms with Crippen LogP contribution in [0.2, 0.25) is 0 Å². The number of amidine groups is 1. The number of carbonyl (C=O) groups excluding carboxylic acids is 1. The molecule has 2 heterocycles. The molecule has 1 N–H and O–H groups in total. The van der Waals surface area contributed by atoms with E-state index in [0.29, 0.717) is 16.4 Å². The minimum Gasteiger partial charge on any atom is -0.406 e. The molecule has 0 saturated carbocycles. The van der Waals surface area contributed by atoms with Crippen LogP contribution in [0.3, 0.4) is 0 Å². The summed E-state index contributed by atoms with van der Waals surface area (Å²) in [7, 11) is 0. The molecule has 0 radical (unpaired) electrons. The Bertz CT molecular complexity index is 834. The number of alkyl halides is 3. The van der Waals surface area contributed by atoms with Crippen molar-refractivity contribution in [1.82, 2.24) is 10.3 Å². The van der Waals surface area contributed by atoms with Crippen LogP contribution < -0.4 is 10.1 Å². The molecule has 0 bridgehead atoms. The summed E-state index contributed by atoms with van der Waals surface area (Å²) in [6, 6.07) is 8.60. The van der Waals surface area contributed by atoms with E-state index in [4.69, 9.17) is 0 Å². The number of carbonyl (C=O) groups is 1. The van der Waals surface area contributed by atoms with Crippen molar-refractivity contribution < 1.29 is 22.7 Å². The number of thioether (sulfide) groups is 1. The molecule has 0 atom stereocenters. The summed E-state index contributed by atoms with van der Waals surface area (Å²) in [5.74, 6) is -0.00913. The summed E-state index contributed by atoms with van der Waals surface area (Å²) in [4.78, 5) is 20.4. The second-order valence-electron chi connectivity index (χ2n) is 4.81. The quantitative estimate of drug-likeness (QED) is 0.869. The maximum absolute atomic E-state index is 12.2. The van der Waals surface area contributed by atoms with Gasteiger partial charge in [-0.3, -0.25) is 9.78 Å². The van der Waals surface area contributed by atoms with Gasteiger partial charge >= 0.3 is 6.36 Å². The topological polar surface area (TPSA) is 63.6 Å². The molecule has 1 aromatic carbocycles. The number of amides is 1. The average molecular weight is 365 g/mol. The first kappa shape index (κ1) is 17.0. The van der Waals surface area contributed by atoms with E-state index in [9.17, 15) is 18.0 Å². The number of pyridine rings is 1. The Hall–Kier alpha value is -2.81. The van der Waals surface area contributed by atoms with Crippen LogP contribution in [0.15, 0.2) is 58.7 Å². The molecule has 9 heteroatoms. The SMILES string of the molecule is O=C1NC(=Nc2ccc(OC(F)(F)F)cc2)/C(=C/c2ccncc2)S1. The Labute approximate surface area is 144 Å². The fourth-order valence-electron chi connectivity index (χ4n) is 1.98. The summed E-state index contributed by atoms with van der Waals surface area (Å²) in [6.07, 6.45) is 0.267. The smallest absolute Gasteiger partial charge is 0.406 e. The van der Waals surface area contributed by atoms with Gasteiger partial charge in [0, 0.05) is 12.4 Å². The molecule has 0 spiro atoms. The van der Waals surface area contributed by atoms with Gasteiger partial charge in [0.25, 0.3) is 5.24 Å². The molecule has 0 aliphatic carbocycles. The highest BCUT2D eigenvalue weighted by Gasteiger charge is 2.31. The zero-order valence-electron chi connectivity index (χ0n) is 12.4. The fraction of sp³-hybridized carbons (Fsp3) is 0.0625. The maximum atomic E-state index is 12.2. The van der Waals surface area contributed by atoms with E-state index < -0.39 is 6.36 Å². The Balaban J connectivity index is 1.83. The second kappa shape index (κ2) is 6.98. The average Bonchev–Trinajstić information content (AvgIpc) is 2.88. The molecule has 3 rings (SSSR count). The predicted octanol–water partition coefficient (Wildman–Crippen LogP) is 4.51. The first-order chi connectivity index (χ1) is 11.9. The summed E-state index contributed by atoms with van der Waals surface area (Å²) in [5.41, 5.74) is 1.23. The van der Waals surface area contributed by atoms with Gasteiger partial charge in [-0.25, -0.2) is 4.99 Å². The number of rotatable bonds is 3. The van der Waals surface area contributed by atoms with Crippen LogP contribution in [0.4, 0.5) is 23.7 Å². The van der Waals surface area contributed by atoms with Gasteiger partial charge in [0.05, 0.1) is 10.6 Å². The molecule has 2 aromatic rings. The molecular weight excluding hydrogens is 355 g/mol. The van der Waals surface area contributed by atoms with E-state index in [2.05, 4.69) is 20.0 Å². The lowest BCUT2D eigenvalue weighted by atomic mass is 10.2. The molecule has 0 unspecified atom stereocenters. The normalized spacial score (nSPS) is 17.8. The van der Waals surface area contributed by atoms with Crippen LogP contribution in [0.1, 0.15) is 5.56 Å². The van der Waals surface area contributed by atoms with Crippen molar-refractivity contribution in [2.75, 3.05) is 0 Å². The molecule has 1 saturated heterocycles. The Morgan fingerprint density at radius 1 is 1.12 bits per heavy atom. The molecule has 1 amide bonds. The van der Waals surface area contributed by atoms with E-state index in [1.54, 1.807) is 30.6 Å². The van der Waals surface area contributed by atoms with Crippen LogP contribution in [0.25, 0.3) is 6.08 Å². The number of nitrogens with zero attached hydrogens (tertiary/aromatic N) is 2. The van der Waals surface area contributed by atoms with E-state index in [-0.39, 0.29) is 11.0 Å². The minimum atomic E-state index is -4.75. The van der Waals surface area contributed by atoms with Gasteiger partial charge in [0.2, 0.25) is 0 Å². The molecule has 1 aliphatic rings. The predicted molar refractivity (Wildman–Crippen MR) is 88.6 cm³/mol. The standard InChI is InChI=1S/C16H10F3N3O2S/c17-16(18,19)24-12-3-1-11(2-4-12)21-14-13(25-15(23)22-14)9-10-5-7-20-8-6-10/h1-9H,(H,21,22,23)/b13-9-. The third kappa shape index (κ3) is 4.83. The van der Waals surface area contributed by atoms with Gasteiger partial charge in [-0.15, -0.1) is 13.2 Å². The van der Waals surface area contributed by atoms with Crippen LogP contribution in [-0.2, 0) is 0 Å². The number of hydrogen-bond donors (Lipinski definition) is 1. The molecule has 1 fully saturated rings. The number of nitrogens with one attached hydrogen (secondary N) is 1. The summed E-state index contributed by atoms with van der Waals surface area (Å²) in [6.45, 7) is 0. The van der Waals surface area contributed by atoms with Gasteiger partial charge in [-0.1, -0.05) is 0 Å². The molecular formula is C16H10F3N3O2S. The van der Waals surface area contributed by atoms with Crippen LogP contribution in [0, 0.1) is 0 Å². The number of ether oxygens (including phenoxy) is 1. The lowest BCUT2D eigenvalue weighted by Crippen LogP contribution is -2.18. The van der Waals surface area contributed by atoms with E-state index >= 15 is 0 Å². The van der Waals surface area contributed by atoms with E-state index in [1.807, 2.05) is 0 Å². The van der Waals surface area contributed by atoms with Gasteiger partial charge in [-0.05, 0) is 59.8 Å². The second-order valence-corrected chi connectivity index (χ2v) is 5.82. The maximum Gasteiger partial charge on any atom is 0.573 e. The van der Waals surface area contributed by atoms with Crippen molar-refractivity contribution in [3.05, 3.63) is 59.3 Å². The largest absolute Gasteiger partial charge is 0.573 e. The highest BCUT2D eigenvalue weighted by molar-refractivity contribution is 8.18. The van der Waals surface area contributed by atoms with Gasteiger partial charge in [0.1, 0.15) is 11.6 Å². The van der Waals surface area contributed by atoms with Crippen molar-refractivity contribution in [2.45, 2.75) is 6.36 Å². The summed E-state index contributed by atoms with van der Waals surface area (Å²) in [5, 5.41) is 2.32. The molecule has 1 aliphatic heterocycles. The lowest BCUT2D eigenvalue weighted by molar-refractivity contribution is -0.274. The van der Waals surface area contributed by atoms with Crippen LogP contribution in [0.5, 0.6) is 5.75 Å². The zero-order chi connectivity index (χ0) is 17.9. The highest BCUT2D eigenvalue weighted by atomic mass is 32.2. The Morgan fingerprint density at radius 2 is 1.80 bits per heavy atom. The van der Waals surface area contributed by atoms with Gasteiger partial charge in [-0.2, -0.15) is 0 Å². The van der Waals surface area contributed by atoms with Crippen molar-refractivity contribution >= 4 is 34.6 Å².